The molecule has 1 unspecified atom stereocenters. The molecule has 0 bridgehead atoms. The molecule has 3 nitrogen and oxygen atoms in total. The van der Waals surface area contributed by atoms with Crippen LogP contribution >= 0.6 is 11.3 Å². The first-order valence-electron chi connectivity index (χ1n) is 3.99. The summed E-state index contributed by atoms with van der Waals surface area (Å²) in [7, 11) is 0. The van der Waals surface area contributed by atoms with E-state index < -0.39 is 0 Å². The topological polar surface area (TPSA) is 45.1 Å². The fourth-order valence-electron chi connectivity index (χ4n) is 1.00. The molecule has 68 valence electrons. The van der Waals surface area contributed by atoms with Gasteiger partial charge in [-0.15, -0.1) is 11.3 Å². The van der Waals surface area contributed by atoms with Crippen LogP contribution in [0.5, 0.6) is 0 Å². The van der Waals surface area contributed by atoms with E-state index in [1.165, 1.54) is 0 Å². The molecule has 0 saturated carbocycles. The molecule has 2 N–H and O–H groups in total. The molecule has 2 atom stereocenters. The Labute approximate surface area is 76.5 Å². The van der Waals surface area contributed by atoms with Gasteiger partial charge in [-0.1, -0.05) is 0 Å². The summed E-state index contributed by atoms with van der Waals surface area (Å²) in [5.74, 6) is 0. The number of nitrogens with zero attached hydrogens (tertiary/aromatic N) is 1. The van der Waals surface area contributed by atoms with Crippen molar-refractivity contribution in [1.29, 1.82) is 0 Å². The second-order valence-electron chi connectivity index (χ2n) is 2.89. The molecule has 0 amide bonds. The Morgan fingerprint density at radius 2 is 2.42 bits per heavy atom. The lowest BCUT2D eigenvalue weighted by Crippen LogP contribution is -2.31. The van der Waals surface area contributed by atoms with E-state index in [9.17, 15) is 0 Å². The standard InChI is InChI=1S/C8H14N2OS/c1-6(3-11)10-7(2)8-4-12-5-9-8/h4-7,10-11H,3H2,1-2H3/t6-,7?/m0/s1. The molecule has 0 aromatic carbocycles. The first-order valence-corrected chi connectivity index (χ1v) is 4.93. The average Bonchev–Trinajstić information content (AvgIpc) is 2.56. The highest BCUT2D eigenvalue weighted by Crippen LogP contribution is 2.12. The van der Waals surface area contributed by atoms with Crippen LogP contribution in [0.25, 0.3) is 0 Å². The Morgan fingerprint density at radius 3 is 2.92 bits per heavy atom. The van der Waals surface area contributed by atoms with E-state index >= 15 is 0 Å². The second kappa shape index (κ2) is 4.54. The molecule has 1 heterocycles. The minimum Gasteiger partial charge on any atom is -0.395 e. The number of thiazole rings is 1. The van der Waals surface area contributed by atoms with Crippen molar-refractivity contribution in [2.24, 2.45) is 0 Å². The molecule has 0 saturated heterocycles. The predicted molar refractivity (Wildman–Crippen MR) is 50.2 cm³/mol. The monoisotopic (exact) mass is 186 g/mol. The van der Waals surface area contributed by atoms with Crippen LogP contribution in [-0.2, 0) is 0 Å². The summed E-state index contributed by atoms with van der Waals surface area (Å²) < 4.78 is 0. The van der Waals surface area contributed by atoms with Gasteiger partial charge in [0, 0.05) is 17.5 Å². The number of rotatable bonds is 4. The zero-order valence-corrected chi connectivity index (χ0v) is 8.14. The van der Waals surface area contributed by atoms with Gasteiger partial charge < -0.3 is 10.4 Å². The average molecular weight is 186 g/mol. The summed E-state index contributed by atoms with van der Waals surface area (Å²) in [5, 5.41) is 14.0. The third-order valence-corrected chi connectivity index (χ3v) is 2.31. The highest BCUT2D eigenvalue weighted by atomic mass is 32.1. The molecule has 0 fully saturated rings. The molecule has 4 heteroatoms. The van der Waals surface area contributed by atoms with E-state index in [0.29, 0.717) is 0 Å². The van der Waals surface area contributed by atoms with Crippen molar-refractivity contribution >= 4 is 11.3 Å². The number of aromatic nitrogens is 1. The summed E-state index contributed by atoms with van der Waals surface area (Å²) in [6, 6.07) is 0.347. The maximum atomic E-state index is 8.80. The van der Waals surface area contributed by atoms with E-state index in [-0.39, 0.29) is 18.7 Å². The normalized spacial score (nSPS) is 15.9. The quantitative estimate of drug-likeness (QED) is 0.742. The van der Waals surface area contributed by atoms with Crippen LogP contribution in [0.15, 0.2) is 10.9 Å². The Kier molecular flexibility index (Phi) is 3.65. The smallest absolute Gasteiger partial charge is 0.0795 e. The van der Waals surface area contributed by atoms with Gasteiger partial charge in [0.25, 0.3) is 0 Å². The first kappa shape index (κ1) is 9.64. The summed E-state index contributed by atoms with van der Waals surface area (Å²) in [4.78, 5) is 4.18. The van der Waals surface area contributed by atoms with Crippen molar-refractivity contribution in [3.63, 3.8) is 0 Å². The fraction of sp³-hybridized carbons (Fsp3) is 0.625. The van der Waals surface area contributed by atoms with Gasteiger partial charge in [0.1, 0.15) is 0 Å². The fourth-order valence-corrected chi connectivity index (χ4v) is 1.65. The van der Waals surface area contributed by atoms with Crippen LogP contribution in [0.3, 0.4) is 0 Å². The van der Waals surface area contributed by atoms with Gasteiger partial charge in [-0.25, -0.2) is 4.98 Å². The molecule has 0 radical (unpaired) electrons. The van der Waals surface area contributed by atoms with E-state index in [4.69, 9.17) is 5.11 Å². The van der Waals surface area contributed by atoms with Gasteiger partial charge in [-0.3, -0.25) is 0 Å². The lowest BCUT2D eigenvalue weighted by Gasteiger charge is -2.16. The van der Waals surface area contributed by atoms with Gasteiger partial charge >= 0.3 is 0 Å². The van der Waals surface area contributed by atoms with Gasteiger partial charge in [0.05, 0.1) is 17.8 Å². The Hall–Kier alpha value is -0.450. The van der Waals surface area contributed by atoms with E-state index in [1.807, 2.05) is 24.7 Å². The zero-order valence-electron chi connectivity index (χ0n) is 7.32. The van der Waals surface area contributed by atoms with Crippen LogP contribution in [0.2, 0.25) is 0 Å². The minimum atomic E-state index is 0.127. The molecule has 1 aromatic heterocycles. The predicted octanol–water partition coefficient (Wildman–Crippen LogP) is 1.17. The molecule has 0 aliphatic heterocycles. The van der Waals surface area contributed by atoms with Crippen LogP contribution in [0.1, 0.15) is 25.6 Å². The van der Waals surface area contributed by atoms with E-state index in [1.54, 1.807) is 11.3 Å². The molecule has 0 aliphatic carbocycles. The minimum absolute atomic E-state index is 0.127. The number of aliphatic hydroxyl groups is 1. The molecule has 1 rings (SSSR count). The highest BCUT2D eigenvalue weighted by molar-refractivity contribution is 7.07. The summed E-state index contributed by atoms with van der Waals surface area (Å²) >= 11 is 1.59. The highest BCUT2D eigenvalue weighted by Gasteiger charge is 2.09. The Balaban J connectivity index is 2.44. The van der Waals surface area contributed by atoms with Crippen molar-refractivity contribution in [2.45, 2.75) is 25.9 Å². The lowest BCUT2D eigenvalue weighted by atomic mass is 10.2. The number of hydrogen-bond acceptors (Lipinski definition) is 4. The largest absolute Gasteiger partial charge is 0.395 e. The molecule has 0 aliphatic rings. The maximum Gasteiger partial charge on any atom is 0.0795 e. The maximum absolute atomic E-state index is 8.80. The van der Waals surface area contributed by atoms with Crippen LogP contribution < -0.4 is 5.32 Å². The first-order chi connectivity index (χ1) is 5.74. The van der Waals surface area contributed by atoms with E-state index in [0.717, 1.165) is 5.69 Å². The summed E-state index contributed by atoms with van der Waals surface area (Å²) in [5.41, 5.74) is 2.86. The molecule has 0 spiro atoms. The Bertz CT molecular complexity index is 213. The number of nitrogens with one attached hydrogen (secondary N) is 1. The molecular formula is C8H14N2OS. The molecular weight excluding hydrogens is 172 g/mol. The Morgan fingerprint density at radius 1 is 1.67 bits per heavy atom. The summed E-state index contributed by atoms with van der Waals surface area (Å²) in [6.07, 6.45) is 0. The van der Waals surface area contributed by atoms with Crippen molar-refractivity contribution < 1.29 is 5.11 Å². The van der Waals surface area contributed by atoms with E-state index in [2.05, 4.69) is 10.3 Å². The molecule has 12 heavy (non-hydrogen) atoms. The van der Waals surface area contributed by atoms with Gasteiger partial charge in [0.15, 0.2) is 0 Å². The number of aliphatic hydroxyl groups excluding tert-OH is 1. The SMILES string of the molecule is CC(N[C@@H](C)CO)c1cscn1. The van der Waals surface area contributed by atoms with Crippen LogP contribution in [0, 0.1) is 0 Å². The summed E-state index contributed by atoms with van der Waals surface area (Å²) in [6.45, 7) is 4.15. The number of hydrogen-bond donors (Lipinski definition) is 2. The second-order valence-corrected chi connectivity index (χ2v) is 3.60. The lowest BCUT2D eigenvalue weighted by molar-refractivity contribution is 0.242. The molecule has 1 aromatic rings. The van der Waals surface area contributed by atoms with Crippen molar-refractivity contribution in [1.82, 2.24) is 10.3 Å². The van der Waals surface area contributed by atoms with Crippen LogP contribution in [0.4, 0.5) is 0 Å². The van der Waals surface area contributed by atoms with Crippen molar-refractivity contribution in [2.75, 3.05) is 6.61 Å². The van der Waals surface area contributed by atoms with Gasteiger partial charge in [0.2, 0.25) is 0 Å². The third kappa shape index (κ3) is 2.55. The van der Waals surface area contributed by atoms with Crippen molar-refractivity contribution in [3.8, 4) is 0 Å². The zero-order chi connectivity index (χ0) is 8.97. The van der Waals surface area contributed by atoms with Crippen LogP contribution in [-0.4, -0.2) is 22.7 Å². The van der Waals surface area contributed by atoms with Gasteiger partial charge in [-0.2, -0.15) is 0 Å². The van der Waals surface area contributed by atoms with Crippen molar-refractivity contribution in [3.05, 3.63) is 16.6 Å². The third-order valence-electron chi connectivity index (χ3n) is 1.70. The van der Waals surface area contributed by atoms with Gasteiger partial charge in [-0.05, 0) is 13.8 Å².